The first-order chi connectivity index (χ1) is 10.5. The van der Waals surface area contributed by atoms with Crippen molar-refractivity contribution >= 4 is 17.5 Å². The van der Waals surface area contributed by atoms with Gasteiger partial charge in [-0.3, -0.25) is 10.1 Å². The van der Waals surface area contributed by atoms with Crippen molar-refractivity contribution in [1.82, 2.24) is 4.98 Å². The molecule has 8 heteroatoms. The number of piperidine rings is 1. The van der Waals surface area contributed by atoms with Gasteiger partial charge in [0.25, 0.3) is 0 Å². The van der Waals surface area contributed by atoms with Gasteiger partial charge >= 0.3 is 11.7 Å². The highest BCUT2D eigenvalue weighted by molar-refractivity contribution is 5.74. The Hall–Kier alpha value is -2.22. The lowest BCUT2D eigenvalue weighted by Crippen LogP contribution is -2.41. The van der Waals surface area contributed by atoms with E-state index in [0.717, 1.165) is 0 Å². The predicted molar refractivity (Wildman–Crippen MR) is 78.6 cm³/mol. The zero-order valence-corrected chi connectivity index (χ0v) is 12.6. The Balaban J connectivity index is 2.11. The molecule has 2 rings (SSSR count). The minimum atomic E-state index is -1.15. The number of anilines is 1. The number of hydrogen-bond donors (Lipinski definition) is 1. The smallest absolute Gasteiger partial charge is 0.334 e. The molecule has 1 aliphatic rings. The van der Waals surface area contributed by atoms with E-state index in [4.69, 9.17) is 0 Å². The van der Waals surface area contributed by atoms with E-state index in [2.05, 4.69) is 9.72 Å². The summed E-state index contributed by atoms with van der Waals surface area (Å²) in [6, 6.07) is 1.61. The van der Waals surface area contributed by atoms with E-state index < -0.39 is 17.0 Å². The van der Waals surface area contributed by atoms with Gasteiger partial charge < -0.3 is 14.7 Å². The van der Waals surface area contributed by atoms with Gasteiger partial charge in [0.1, 0.15) is 0 Å². The minimum Gasteiger partial charge on any atom is -0.467 e. The van der Waals surface area contributed by atoms with Crippen LogP contribution in [-0.4, -0.2) is 47.3 Å². The molecule has 0 bridgehead atoms. The minimum absolute atomic E-state index is 0.00877. The van der Waals surface area contributed by atoms with Crippen LogP contribution >= 0.6 is 0 Å². The molecule has 2 heterocycles. The number of carbonyl (C=O) groups is 1. The average molecular weight is 309 g/mol. The molecule has 8 nitrogen and oxygen atoms in total. The van der Waals surface area contributed by atoms with Crippen molar-refractivity contribution in [1.29, 1.82) is 0 Å². The average Bonchev–Trinajstić information content (AvgIpc) is 2.53. The van der Waals surface area contributed by atoms with Gasteiger partial charge in [0.2, 0.25) is 5.82 Å². The van der Waals surface area contributed by atoms with Crippen molar-refractivity contribution in [3.05, 3.63) is 27.9 Å². The predicted octanol–water partition coefficient (Wildman–Crippen LogP) is 1.05. The molecule has 1 aliphatic heterocycles. The van der Waals surface area contributed by atoms with E-state index in [1.54, 1.807) is 19.2 Å². The molecule has 0 spiro atoms. The Morgan fingerprint density at radius 2 is 2.18 bits per heavy atom. The van der Waals surface area contributed by atoms with Crippen molar-refractivity contribution < 1.29 is 19.6 Å². The van der Waals surface area contributed by atoms with Crippen molar-refractivity contribution in [2.24, 2.45) is 5.92 Å². The summed E-state index contributed by atoms with van der Waals surface area (Å²) in [4.78, 5) is 28.1. The lowest BCUT2D eigenvalue weighted by Gasteiger charge is -2.33. The number of ether oxygens (including phenoxy) is 1. The summed E-state index contributed by atoms with van der Waals surface area (Å²) in [5.41, 5.74) is 0.571. The third kappa shape index (κ3) is 3.16. The number of nitro groups is 1. The first-order valence-corrected chi connectivity index (χ1v) is 7.06. The van der Waals surface area contributed by atoms with Crippen LogP contribution in [0, 0.1) is 23.0 Å². The first kappa shape index (κ1) is 16.2. The number of pyridine rings is 1. The lowest BCUT2D eigenvalue weighted by molar-refractivity contribution is -0.384. The third-order valence-electron chi connectivity index (χ3n) is 4.02. The van der Waals surface area contributed by atoms with E-state index in [-0.39, 0.29) is 11.6 Å². The highest BCUT2D eigenvalue weighted by Crippen LogP contribution is 2.32. The number of aliphatic hydroxyl groups is 1. The van der Waals surface area contributed by atoms with Crippen LogP contribution in [0.3, 0.4) is 0 Å². The van der Waals surface area contributed by atoms with Crippen LogP contribution in [0.4, 0.5) is 11.5 Å². The monoisotopic (exact) mass is 309 g/mol. The first-order valence-electron chi connectivity index (χ1n) is 7.06. The van der Waals surface area contributed by atoms with Gasteiger partial charge in [0.15, 0.2) is 6.10 Å². The number of rotatable bonds is 4. The van der Waals surface area contributed by atoms with E-state index in [9.17, 15) is 20.0 Å². The summed E-state index contributed by atoms with van der Waals surface area (Å²) in [5.74, 6) is -0.498. The third-order valence-corrected chi connectivity index (χ3v) is 4.02. The maximum atomic E-state index is 11.4. The van der Waals surface area contributed by atoms with Crippen molar-refractivity contribution in [2.45, 2.75) is 25.9 Å². The van der Waals surface area contributed by atoms with Crippen LogP contribution in [-0.2, 0) is 9.53 Å². The van der Waals surface area contributed by atoms with Gasteiger partial charge in [0.05, 0.1) is 12.0 Å². The Bertz CT molecular complexity index is 570. The second-order valence-electron chi connectivity index (χ2n) is 5.35. The zero-order valence-electron chi connectivity index (χ0n) is 12.6. The number of aryl methyl sites for hydroxylation is 1. The van der Waals surface area contributed by atoms with Crippen LogP contribution in [0.2, 0.25) is 0 Å². The molecule has 0 aliphatic carbocycles. The molecular weight excluding hydrogens is 290 g/mol. The fourth-order valence-corrected chi connectivity index (χ4v) is 2.73. The number of esters is 1. The van der Waals surface area contributed by atoms with Crippen molar-refractivity contribution in [2.75, 3.05) is 25.1 Å². The Kier molecular flexibility index (Phi) is 4.92. The maximum absolute atomic E-state index is 11.4. The van der Waals surface area contributed by atoms with E-state index in [1.807, 2.05) is 4.90 Å². The lowest BCUT2D eigenvalue weighted by atomic mass is 9.91. The molecule has 1 saturated heterocycles. The van der Waals surface area contributed by atoms with E-state index >= 15 is 0 Å². The summed E-state index contributed by atoms with van der Waals surface area (Å²) >= 11 is 0. The highest BCUT2D eigenvalue weighted by atomic mass is 16.6. The molecule has 1 atom stereocenters. The summed E-state index contributed by atoms with van der Waals surface area (Å²) in [5, 5.41) is 21.1. The van der Waals surface area contributed by atoms with Crippen LogP contribution in [0.25, 0.3) is 0 Å². The van der Waals surface area contributed by atoms with Gasteiger partial charge in [-0.15, -0.1) is 0 Å². The van der Waals surface area contributed by atoms with Gasteiger partial charge in [-0.25, -0.2) is 9.78 Å². The molecule has 1 aromatic heterocycles. The van der Waals surface area contributed by atoms with Gasteiger partial charge in [-0.05, 0) is 31.7 Å². The number of aromatic nitrogens is 1. The molecule has 1 fully saturated rings. The Labute approximate surface area is 127 Å². The second kappa shape index (κ2) is 6.69. The summed E-state index contributed by atoms with van der Waals surface area (Å²) in [6.07, 6.45) is 1.49. The Morgan fingerprint density at radius 3 is 2.73 bits per heavy atom. The second-order valence-corrected chi connectivity index (χ2v) is 5.35. The normalized spacial score (nSPS) is 17.1. The molecule has 0 amide bonds. The molecule has 1 unspecified atom stereocenters. The highest BCUT2D eigenvalue weighted by Gasteiger charge is 2.33. The quantitative estimate of drug-likeness (QED) is 0.503. The molecular formula is C14H19N3O5. The molecule has 0 saturated carbocycles. The molecule has 120 valence electrons. The van der Waals surface area contributed by atoms with Gasteiger partial charge in [-0.2, -0.15) is 0 Å². The number of nitrogens with zero attached hydrogens (tertiary/aromatic N) is 3. The van der Waals surface area contributed by atoms with Crippen LogP contribution in [0.1, 0.15) is 18.4 Å². The van der Waals surface area contributed by atoms with Crippen LogP contribution < -0.4 is 4.90 Å². The Morgan fingerprint density at radius 1 is 1.55 bits per heavy atom. The summed E-state index contributed by atoms with van der Waals surface area (Å²) < 4.78 is 4.54. The number of methoxy groups -OCH3 is 1. The molecule has 1 N–H and O–H groups in total. The fourth-order valence-electron chi connectivity index (χ4n) is 2.73. The van der Waals surface area contributed by atoms with Crippen LogP contribution in [0.15, 0.2) is 12.3 Å². The van der Waals surface area contributed by atoms with Crippen molar-refractivity contribution in [3.8, 4) is 0 Å². The molecule has 1 aromatic rings. The van der Waals surface area contributed by atoms with E-state index in [1.165, 1.54) is 7.11 Å². The molecule has 22 heavy (non-hydrogen) atoms. The number of aliphatic hydroxyl groups excluding tert-OH is 1. The van der Waals surface area contributed by atoms with E-state index in [0.29, 0.717) is 37.3 Å². The number of carbonyl (C=O) groups excluding carboxylic acids is 1. The number of hydrogen-bond acceptors (Lipinski definition) is 7. The fraction of sp³-hybridized carbons (Fsp3) is 0.571. The SMILES string of the molecule is COC(=O)C(O)C1CCN(c2nccc(C)c2[N+](=O)[O-])CC1. The topological polar surface area (TPSA) is 106 Å². The van der Waals surface area contributed by atoms with Gasteiger partial charge in [-0.1, -0.05) is 0 Å². The largest absolute Gasteiger partial charge is 0.467 e. The maximum Gasteiger partial charge on any atom is 0.334 e. The van der Waals surface area contributed by atoms with Crippen molar-refractivity contribution in [3.63, 3.8) is 0 Å². The van der Waals surface area contributed by atoms with Crippen LogP contribution in [0.5, 0.6) is 0 Å². The van der Waals surface area contributed by atoms with Gasteiger partial charge in [0, 0.05) is 24.8 Å². The standard InChI is InChI=1S/C14H19N3O5/c1-9-3-6-15-13(11(9)17(20)21)16-7-4-10(5-8-16)12(18)14(19)22-2/h3,6,10,12,18H,4-5,7-8H2,1-2H3. The summed E-state index contributed by atoms with van der Waals surface area (Å²) in [6.45, 7) is 2.67. The summed E-state index contributed by atoms with van der Waals surface area (Å²) in [7, 11) is 1.24. The zero-order chi connectivity index (χ0) is 16.3. The molecule has 0 radical (unpaired) electrons. The molecule has 0 aromatic carbocycles.